The number of rotatable bonds is 5. The molecule has 21 heavy (non-hydrogen) atoms. The molecule has 2 aromatic carbocycles. The van der Waals surface area contributed by atoms with Crippen LogP contribution in [0, 0.1) is 5.82 Å². The number of benzene rings is 2. The quantitative estimate of drug-likeness (QED) is 0.817. The molecular weight excluding hydrogens is 333 g/mol. The highest BCUT2D eigenvalue weighted by molar-refractivity contribution is 9.10. The molecule has 0 aliphatic heterocycles. The minimum absolute atomic E-state index is 0.0675. The normalized spacial score (nSPS) is 13.8. The molecule has 0 spiro atoms. The van der Waals surface area contributed by atoms with Crippen LogP contribution in [0.4, 0.5) is 4.39 Å². The zero-order chi connectivity index (χ0) is 15.4. The molecule has 1 N–H and O–H groups in total. The lowest BCUT2D eigenvalue weighted by Crippen LogP contribution is -2.23. The van der Waals surface area contributed by atoms with Gasteiger partial charge in [0, 0.05) is 17.6 Å². The minimum Gasteiger partial charge on any atom is -0.496 e. The van der Waals surface area contributed by atoms with E-state index in [9.17, 15) is 4.39 Å². The number of halogens is 2. The molecule has 0 bridgehead atoms. The number of ether oxygens (including phenoxy) is 1. The number of methoxy groups -OCH3 is 1. The van der Waals surface area contributed by atoms with Crippen molar-refractivity contribution in [3.63, 3.8) is 0 Å². The molecule has 2 aromatic rings. The first-order chi connectivity index (χ1) is 10.0. The maximum absolute atomic E-state index is 13.8. The maximum atomic E-state index is 13.8. The largest absolute Gasteiger partial charge is 0.496 e. The van der Waals surface area contributed by atoms with E-state index in [2.05, 4.69) is 28.2 Å². The van der Waals surface area contributed by atoms with Crippen molar-refractivity contribution in [3.8, 4) is 5.75 Å². The Hall–Kier alpha value is -1.39. The van der Waals surface area contributed by atoms with Crippen molar-refractivity contribution >= 4 is 15.9 Å². The van der Waals surface area contributed by atoms with Crippen molar-refractivity contribution in [2.75, 3.05) is 7.11 Å². The second kappa shape index (κ2) is 7.05. The second-order valence-corrected chi connectivity index (χ2v) is 5.88. The predicted octanol–water partition coefficient (Wildman–Crippen LogP) is 5.01. The summed E-state index contributed by atoms with van der Waals surface area (Å²) in [5, 5.41) is 3.42. The summed E-state index contributed by atoms with van der Waals surface area (Å²) in [5.41, 5.74) is 1.79. The van der Waals surface area contributed by atoms with E-state index in [0.717, 1.165) is 15.8 Å². The van der Waals surface area contributed by atoms with E-state index in [1.54, 1.807) is 13.2 Å². The van der Waals surface area contributed by atoms with Crippen molar-refractivity contribution in [1.29, 1.82) is 0 Å². The summed E-state index contributed by atoms with van der Waals surface area (Å²) in [6.07, 6.45) is 0. The standard InChI is InChI=1S/C17H19BrFNO/c1-11(13-8-9-17(21-3)15(18)10-13)20-12(2)14-6-4-5-7-16(14)19/h4-12,20H,1-3H3. The Morgan fingerprint density at radius 2 is 1.81 bits per heavy atom. The van der Waals surface area contributed by atoms with Crippen molar-refractivity contribution in [2.45, 2.75) is 25.9 Å². The first-order valence-electron chi connectivity index (χ1n) is 6.87. The Morgan fingerprint density at radius 1 is 1.10 bits per heavy atom. The van der Waals surface area contributed by atoms with Crippen LogP contribution in [0.3, 0.4) is 0 Å². The van der Waals surface area contributed by atoms with Crippen molar-refractivity contribution in [2.24, 2.45) is 0 Å². The van der Waals surface area contributed by atoms with E-state index in [4.69, 9.17) is 4.74 Å². The van der Waals surface area contributed by atoms with Crippen LogP contribution < -0.4 is 10.1 Å². The van der Waals surface area contributed by atoms with Gasteiger partial charge in [0.2, 0.25) is 0 Å². The fourth-order valence-corrected chi connectivity index (χ4v) is 2.90. The molecule has 2 nitrogen and oxygen atoms in total. The van der Waals surface area contributed by atoms with E-state index < -0.39 is 0 Å². The summed E-state index contributed by atoms with van der Waals surface area (Å²) in [6.45, 7) is 4.03. The van der Waals surface area contributed by atoms with Crippen LogP contribution in [0.15, 0.2) is 46.9 Å². The Bertz CT molecular complexity index is 617. The van der Waals surface area contributed by atoms with Crippen LogP contribution in [0.25, 0.3) is 0 Å². The molecule has 0 saturated heterocycles. The van der Waals surface area contributed by atoms with Crippen LogP contribution in [0.5, 0.6) is 5.75 Å². The second-order valence-electron chi connectivity index (χ2n) is 5.03. The Morgan fingerprint density at radius 3 is 2.43 bits per heavy atom. The average Bonchev–Trinajstić information content (AvgIpc) is 2.47. The highest BCUT2D eigenvalue weighted by Gasteiger charge is 2.15. The molecule has 0 radical (unpaired) electrons. The van der Waals surface area contributed by atoms with Gasteiger partial charge in [0.1, 0.15) is 11.6 Å². The first kappa shape index (κ1) is 16.0. The molecule has 0 aliphatic carbocycles. The Labute approximate surface area is 133 Å². The van der Waals surface area contributed by atoms with Crippen LogP contribution in [0.2, 0.25) is 0 Å². The number of hydrogen-bond donors (Lipinski definition) is 1. The summed E-state index contributed by atoms with van der Waals surface area (Å²) in [6, 6.07) is 12.8. The van der Waals surface area contributed by atoms with Gasteiger partial charge in [0.25, 0.3) is 0 Å². The lowest BCUT2D eigenvalue weighted by atomic mass is 10.0. The topological polar surface area (TPSA) is 21.3 Å². The van der Waals surface area contributed by atoms with Gasteiger partial charge in [-0.25, -0.2) is 4.39 Å². The molecule has 4 heteroatoms. The van der Waals surface area contributed by atoms with Gasteiger partial charge in [-0.05, 0) is 53.5 Å². The number of nitrogens with one attached hydrogen (secondary N) is 1. The lowest BCUT2D eigenvalue weighted by Gasteiger charge is -2.21. The SMILES string of the molecule is COc1ccc(C(C)NC(C)c2ccccc2F)cc1Br. The van der Waals surface area contributed by atoms with Gasteiger partial charge in [-0.15, -0.1) is 0 Å². The summed E-state index contributed by atoms with van der Waals surface area (Å²) in [5.74, 6) is 0.619. The third kappa shape index (κ3) is 3.83. The van der Waals surface area contributed by atoms with Crippen LogP contribution in [-0.2, 0) is 0 Å². The molecule has 2 atom stereocenters. The summed E-state index contributed by atoms with van der Waals surface area (Å²) in [4.78, 5) is 0. The maximum Gasteiger partial charge on any atom is 0.133 e. The molecule has 0 fully saturated rings. The fourth-order valence-electron chi connectivity index (χ4n) is 2.34. The highest BCUT2D eigenvalue weighted by Crippen LogP contribution is 2.29. The van der Waals surface area contributed by atoms with Gasteiger partial charge in [-0.2, -0.15) is 0 Å². The van der Waals surface area contributed by atoms with Gasteiger partial charge < -0.3 is 10.1 Å². The molecule has 2 rings (SSSR count). The smallest absolute Gasteiger partial charge is 0.133 e. The molecule has 112 valence electrons. The lowest BCUT2D eigenvalue weighted by molar-refractivity contribution is 0.411. The van der Waals surface area contributed by atoms with Gasteiger partial charge in [0.15, 0.2) is 0 Å². The summed E-state index contributed by atoms with van der Waals surface area (Å²) in [7, 11) is 1.64. The van der Waals surface area contributed by atoms with Gasteiger partial charge in [-0.1, -0.05) is 24.3 Å². The van der Waals surface area contributed by atoms with E-state index in [1.165, 1.54) is 6.07 Å². The molecular formula is C17H19BrFNO. The van der Waals surface area contributed by atoms with E-state index in [0.29, 0.717) is 5.56 Å². The van der Waals surface area contributed by atoms with Gasteiger partial charge in [0.05, 0.1) is 11.6 Å². The highest BCUT2D eigenvalue weighted by atomic mass is 79.9. The first-order valence-corrected chi connectivity index (χ1v) is 7.66. The zero-order valence-corrected chi connectivity index (χ0v) is 13.9. The van der Waals surface area contributed by atoms with Crippen LogP contribution >= 0.6 is 15.9 Å². The van der Waals surface area contributed by atoms with E-state index >= 15 is 0 Å². The molecule has 0 heterocycles. The van der Waals surface area contributed by atoms with Crippen LogP contribution in [0.1, 0.15) is 37.1 Å². The third-order valence-electron chi connectivity index (χ3n) is 3.55. The molecule has 0 aromatic heterocycles. The van der Waals surface area contributed by atoms with Crippen molar-refractivity contribution in [1.82, 2.24) is 5.32 Å². The summed E-state index contributed by atoms with van der Waals surface area (Å²) >= 11 is 3.49. The predicted molar refractivity (Wildman–Crippen MR) is 87.1 cm³/mol. The summed E-state index contributed by atoms with van der Waals surface area (Å²) < 4.78 is 19.9. The van der Waals surface area contributed by atoms with Gasteiger partial charge >= 0.3 is 0 Å². The average molecular weight is 352 g/mol. The van der Waals surface area contributed by atoms with Crippen molar-refractivity contribution in [3.05, 3.63) is 63.9 Å². The zero-order valence-electron chi connectivity index (χ0n) is 12.4. The molecule has 2 unspecified atom stereocenters. The minimum atomic E-state index is -0.180. The number of hydrogen-bond acceptors (Lipinski definition) is 2. The van der Waals surface area contributed by atoms with Gasteiger partial charge in [-0.3, -0.25) is 0 Å². The van der Waals surface area contributed by atoms with Crippen molar-refractivity contribution < 1.29 is 9.13 Å². The Kier molecular flexibility index (Phi) is 5.37. The monoisotopic (exact) mass is 351 g/mol. The fraction of sp³-hybridized carbons (Fsp3) is 0.294. The molecule has 0 aliphatic rings. The van der Waals surface area contributed by atoms with E-state index in [1.807, 2.05) is 37.3 Å². The molecule has 0 saturated carbocycles. The molecule has 0 amide bonds. The Balaban J connectivity index is 2.12. The third-order valence-corrected chi connectivity index (χ3v) is 4.17. The van der Waals surface area contributed by atoms with Crippen LogP contribution in [-0.4, -0.2) is 7.11 Å². The van der Waals surface area contributed by atoms with E-state index in [-0.39, 0.29) is 17.9 Å².